The van der Waals surface area contributed by atoms with Crippen LogP contribution in [-0.4, -0.2) is 41.1 Å². The van der Waals surface area contributed by atoms with Gasteiger partial charge in [-0.3, -0.25) is 0 Å². The van der Waals surface area contributed by atoms with Crippen molar-refractivity contribution in [2.24, 2.45) is 0 Å². The zero-order valence-electron chi connectivity index (χ0n) is 18.4. The van der Waals surface area contributed by atoms with E-state index in [-0.39, 0.29) is 5.41 Å². The van der Waals surface area contributed by atoms with Gasteiger partial charge in [-0.2, -0.15) is 0 Å². The fourth-order valence-corrected chi connectivity index (χ4v) is 5.01. The molecule has 3 heteroatoms. The summed E-state index contributed by atoms with van der Waals surface area (Å²) in [5, 5.41) is 14.3. The second-order valence-electron chi connectivity index (χ2n) is 9.18. The van der Waals surface area contributed by atoms with Gasteiger partial charge in [0.25, 0.3) is 0 Å². The zero-order valence-corrected chi connectivity index (χ0v) is 18.4. The van der Waals surface area contributed by atoms with Crippen molar-refractivity contribution in [1.29, 1.82) is 0 Å². The highest BCUT2D eigenvalue weighted by Crippen LogP contribution is 2.49. The lowest BCUT2D eigenvalue weighted by atomic mass is 9.64. The van der Waals surface area contributed by atoms with Crippen LogP contribution in [0.2, 0.25) is 0 Å². The Balaban J connectivity index is 1.84. The van der Waals surface area contributed by atoms with E-state index in [1.165, 1.54) is 59.4 Å². The minimum absolute atomic E-state index is 0.110. The van der Waals surface area contributed by atoms with Gasteiger partial charge in [0.1, 0.15) is 13.1 Å². The van der Waals surface area contributed by atoms with Crippen LogP contribution >= 0.6 is 0 Å². The summed E-state index contributed by atoms with van der Waals surface area (Å²) in [6.45, 7) is 12.1. The number of aliphatic hydroxyl groups is 1. The van der Waals surface area contributed by atoms with E-state index >= 15 is 0 Å². The molecule has 2 aliphatic carbocycles. The van der Waals surface area contributed by atoms with E-state index in [1.807, 2.05) is 6.92 Å². The number of hydrogen-bond acceptors (Lipinski definition) is 2. The van der Waals surface area contributed by atoms with E-state index < -0.39 is 6.10 Å². The molecule has 1 atom stereocenters. The lowest BCUT2D eigenvalue weighted by Gasteiger charge is -2.39. The molecule has 3 nitrogen and oxygen atoms in total. The smallest absolute Gasteiger partial charge is 0.200 e. The van der Waals surface area contributed by atoms with Gasteiger partial charge in [0.05, 0.1) is 6.10 Å². The molecule has 1 aromatic rings. The van der Waals surface area contributed by atoms with Crippen LogP contribution in [0.4, 0.5) is 5.69 Å². The summed E-state index contributed by atoms with van der Waals surface area (Å²) >= 11 is 0. The van der Waals surface area contributed by atoms with Crippen molar-refractivity contribution in [3.05, 3.63) is 58.7 Å². The first-order chi connectivity index (χ1) is 13.9. The van der Waals surface area contributed by atoms with Crippen molar-refractivity contribution >= 4 is 17.0 Å². The van der Waals surface area contributed by atoms with Crippen molar-refractivity contribution in [3.8, 4) is 0 Å². The number of anilines is 1. The summed E-state index contributed by atoms with van der Waals surface area (Å²) in [5.41, 5.74) is 8.47. The number of nitrogens with one attached hydrogen (secondary N) is 1. The minimum atomic E-state index is -0.500. The van der Waals surface area contributed by atoms with Gasteiger partial charge in [0.2, 0.25) is 0 Å². The third kappa shape index (κ3) is 3.61. The number of allylic oxidation sites excluding steroid dienone is 5. The van der Waals surface area contributed by atoms with Crippen LogP contribution in [0.15, 0.2) is 47.6 Å². The molecule has 0 aromatic heterocycles. The Morgan fingerprint density at radius 2 is 1.93 bits per heavy atom. The topological polar surface area (TPSA) is 35.3 Å². The number of benzene rings is 1. The molecule has 1 aliphatic heterocycles. The van der Waals surface area contributed by atoms with Crippen LogP contribution in [0.5, 0.6) is 0 Å². The maximum atomic E-state index is 10.7. The predicted octanol–water partition coefficient (Wildman–Crippen LogP) is 5.07. The molecule has 2 N–H and O–H groups in total. The SMILES string of the molecule is CCCCNc1ccc2c(c1)C(C)(C)C1=CC(=[N+]3CCCC3)C=CC1=C2C(C)O. The second-order valence-corrected chi connectivity index (χ2v) is 9.18. The van der Waals surface area contributed by atoms with Crippen LogP contribution in [0.1, 0.15) is 64.5 Å². The lowest BCUT2D eigenvalue weighted by Crippen LogP contribution is -2.32. The molecule has 1 aromatic carbocycles. The fraction of sp³-hybridized carbons (Fsp3) is 0.500. The van der Waals surface area contributed by atoms with E-state index in [0.717, 1.165) is 25.2 Å². The number of aliphatic hydroxyl groups excluding tert-OH is 1. The average molecular weight is 392 g/mol. The summed E-state index contributed by atoms with van der Waals surface area (Å²) < 4.78 is 2.50. The van der Waals surface area contributed by atoms with Gasteiger partial charge >= 0.3 is 0 Å². The summed E-state index contributed by atoms with van der Waals surface area (Å²) in [6, 6.07) is 6.67. The Morgan fingerprint density at radius 1 is 1.17 bits per heavy atom. The van der Waals surface area contributed by atoms with Gasteiger partial charge in [0, 0.05) is 42.6 Å². The summed E-state index contributed by atoms with van der Waals surface area (Å²) in [5.74, 6) is 0. The number of rotatable bonds is 5. The quantitative estimate of drug-likeness (QED) is 0.543. The molecular weight excluding hydrogens is 356 g/mol. The van der Waals surface area contributed by atoms with Crippen LogP contribution in [0.25, 0.3) is 5.57 Å². The number of unbranched alkanes of at least 4 members (excludes halogenated alkanes) is 1. The highest BCUT2D eigenvalue weighted by molar-refractivity contribution is 6.06. The van der Waals surface area contributed by atoms with Crippen LogP contribution < -0.4 is 5.32 Å². The molecule has 1 saturated heterocycles. The molecule has 0 bridgehead atoms. The van der Waals surface area contributed by atoms with Gasteiger partial charge in [-0.15, -0.1) is 0 Å². The first-order valence-corrected chi connectivity index (χ1v) is 11.3. The molecule has 0 amide bonds. The highest BCUT2D eigenvalue weighted by atomic mass is 16.3. The Hall–Kier alpha value is -2.13. The monoisotopic (exact) mass is 391 g/mol. The maximum absolute atomic E-state index is 10.7. The molecule has 3 aliphatic rings. The first-order valence-electron chi connectivity index (χ1n) is 11.3. The number of fused-ring (bicyclic) bond motifs is 2. The largest absolute Gasteiger partial charge is 0.389 e. The first kappa shape index (κ1) is 20.2. The van der Waals surface area contributed by atoms with Gasteiger partial charge in [0.15, 0.2) is 5.71 Å². The van der Waals surface area contributed by atoms with E-state index in [9.17, 15) is 5.11 Å². The predicted molar refractivity (Wildman–Crippen MR) is 123 cm³/mol. The van der Waals surface area contributed by atoms with E-state index in [2.05, 4.69) is 67.1 Å². The molecule has 0 saturated carbocycles. The number of hydrogen-bond donors (Lipinski definition) is 2. The molecule has 4 rings (SSSR count). The van der Waals surface area contributed by atoms with Gasteiger partial charge in [-0.25, -0.2) is 4.58 Å². The molecule has 0 spiro atoms. The number of nitrogens with zero attached hydrogens (tertiary/aromatic N) is 1. The van der Waals surface area contributed by atoms with Crippen LogP contribution in [0.3, 0.4) is 0 Å². The Bertz CT molecular complexity index is 920. The van der Waals surface area contributed by atoms with Gasteiger partial charge in [-0.05, 0) is 59.4 Å². The van der Waals surface area contributed by atoms with E-state index in [4.69, 9.17) is 0 Å². The summed E-state index contributed by atoms with van der Waals surface area (Å²) in [4.78, 5) is 0. The summed E-state index contributed by atoms with van der Waals surface area (Å²) in [6.07, 6.45) is 11.3. The molecule has 1 fully saturated rings. The van der Waals surface area contributed by atoms with Crippen molar-refractivity contribution in [3.63, 3.8) is 0 Å². The standard InChI is InChI=1S/C26H34N2O/c1-5-6-13-27-19-9-11-21-23(16-19)26(3,4)24-17-20(28-14-7-8-15-28)10-12-22(24)25(21)18(2)29/h9-12,16-18,29H,5-8,13-15H2,1-4H3/p+1. The van der Waals surface area contributed by atoms with Crippen molar-refractivity contribution < 1.29 is 9.68 Å². The van der Waals surface area contributed by atoms with E-state index in [0.29, 0.717) is 0 Å². The minimum Gasteiger partial charge on any atom is -0.389 e. The molecule has 1 heterocycles. The third-order valence-electron chi connectivity index (χ3n) is 6.70. The molecular formula is C26H35N2O+. The second kappa shape index (κ2) is 7.95. The molecule has 154 valence electrons. The fourth-order valence-electron chi connectivity index (χ4n) is 5.01. The van der Waals surface area contributed by atoms with E-state index in [1.54, 1.807) is 0 Å². The van der Waals surface area contributed by atoms with Crippen molar-refractivity contribution in [2.45, 2.75) is 64.9 Å². The summed E-state index contributed by atoms with van der Waals surface area (Å²) in [7, 11) is 0. The third-order valence-corrected chi connectivity index (χ3v) is 6.70. The molecule has 1 unspecified atom stereocenters. The van der Waals surface area contributed by atoms with Crippen LogP contribution in [-0.2, 0) is 5.41 Å². The average Bonchev–Trinajstić information content (AvgIpc) is 3.23. The van der Waals surface area contributed by atoms with Crippen molar-refractivity contribution in [2.75, 3.05) is 25.0 Å². The lowest BCUT2D eigenvalue weighted by molar-refractivity contribution is -0.504. The zero-order chi connectivity index (χ0) is 20.6. The maximum Gasteiger partial charge on any atom is 0.200 e. The van der Waals surface area contributed by atoms with Gasteiger partial charge in [-0.1, -0.05) is 33.3 Å². The Kier molecular flexibility index (Phi) is 5.52. The highest BCUT2D eigenvalue weighted by Gasteiger charge is 2.39. The van der Waals surface area contributed by atoms with Gasteiger partial charge < -0.3 is 10.4 Å². The van der Waals surface area contributed by atoms with Crippen LogP contribution in [0, 0.1) is 0 Å². The Morgan fingerprint density at radius 3 is 2.62 bits per heavy atom. The molecule has 0 radical (unpaired) electrons. The Labute approximate surface area is 175 Å². The molecule has 29 heavy (non-hydrogen) atoms. The normalized spacial score (nSPS) is 21.1. The van der Waals surface area contributed by atoms with Crippen molar-refractivity contribution in [1.82, 2.24) is 0 Å².